The zero-order chi connectivity index (χ0) is 13.0. The van der Waals surface area contributed by atoms with Crippen LogP contribution in [0, 0.1) is 11.6 Å². The van der Waals surface area contributed by atoms with E-state index in [0.717, 1.165) is 17.7 Å². The zero-order valence-electron chi connectivity index (χ0n) is 9.49. The molecule has 1 N–H and O–H groups in total. The van der Waals surface area contributed by atoms with Crippen molar-refractivity contribution in [2.24, 2.45) is 0 Å². The molecule has 0 unspecified atom stereocenters. The summed E-state index contributed by atoms with van der Waals surface area (Å²) in [6.07, 6.45) is 0.0780. The second kappa shape index (κ2) is 5.40. The number of carbonyl (C=O) groups excluding carboxylic acids is 1. The normalized spacial score (nSPS) is 10.1. The zero-order valence-corrected chi connectivity index (χ0v) is 9.49. The van der Waals surface area contributed by atoms with Crippen LogP contribution >= 0.6 is 0 Å². The smallest absolute Gasteiger partial charge is 0.228 e. The van der Waals surface area contributed by atoms with E-state index in [-0.39, 0.29) is 6.42 Å². The van der Waals surface area contributed by atoms with Crippen molar-refractivity contribution in [2.45, 2.75) is 6.42 Å². The van der Waals surface area contributed by atoms with Crippen LogP contribution in [0.2, 0.25) is 0 Å². The van der Waals surface area contributed by atoms with E-state index in [1.54, 1.807) is 24.3 Å². The van der Waals surface area contributed by atoms with Gasteiger partial charge in [0.05, 0.1) is 6.42 Å². The Morgan fingerprint density at radius 3 is 2.17 bits per heavy atom. The SMILES string of the molecule is O=C(Cc1ccccc1)Nc1c(F)cccc1F. The molecule has 0 spiro atoms. The largest absolute Gasteiger partial charge is 0.321 e. The lowest BCUT2D eigenvalue weighted by Crippen LogP contribution is -2.16. The van der Waals surface area contributed by atoms with Crippen molar-refractivity contribution in [1.29, 1.82) is 0 Å². The fourth-order valence-corrected chi connectivity index (χ4v) is 1.58. The molecule has 92 valence electrons. The lowest BCUT2D eigenvalue weighted by Gasteiger charge is -2.07. The molecule has 0 aliphatic carbocycles. The van der Waals surface area contributed by atoms with Gasteiger partial charge in [-0.25, -0.2) is 8.78 Å². The van der Waals surface area contributed by atoms with E-state index in [4.69, 9.17) is 0 Å². The van der Waals surface area contributed by atoms with Crippen LogP contribution in [-0.4, -0.2) is 5.91 Å². The number of carbonyl (C=O) groups is 1. The highest BCUT2D eigenvalue weighted by Crippen LogP contribution is 2.18. The van der Waals surface area contributed by atoms with E-state index in [9.17, 15) is 13.6 Å². The Morgan fingerprint density at radius 1 is 0.944 bits per heavy atom. The summed E-state index contributed by atoms with van der Waals surface area (Å²) in [6, 6.07) is 12.4. The lowest BCUT2D eigenvalue weighted by atomic mass is 10.1. The molecule has 0 saturated carbocycles. The van der Waals surface area contributed by atoms with Crippen LogP contribution in [-0.2, 0) is 11.2 Å². The maximum atomic E-state index is 13.3. The van der Waals surface area contributed by atoms with Crippen LogP contribution in [0.5, 0.6) is 0 Å². The summed E-state index contributed by atoms with van der Waals surface area (Å²) in [6.45, 7) is 0. The maximum Gasteiger partial charge on any atom is 0.228 e. The van der Waals surface area contributed by atoms with Gasteiger partial charge in [0.15, 0.2) is 0 Å². The Bertz CT molecular complexity index is 535. The van der Waals surface area contributed by atoms with E-state index in [2.05, 4.69) is 5.32 Å². The van der Waals surface area contributed by atoms with Gasteiger partial charge in [-0.15, -0.1) is 0 Å². The molecule has 2 nitrogen and oxygen atoms in total. The minimum atomic E-state index is -0.781. The molecule has 18 heavy (non-hydrogen) atoms. The number of benzene rings is 2. The van der Waals surface area contributed by atoms with Gasteiger partial charge in [-0.05, 0) is 17.7 Å². The summed E-state index contributed by atoms with van der Waals surface area (Å²) >= 11 is 0. The van der Waals surface area contributed by atoms with Crippen molar-refractivity contribution in [3.8, 4) is 0 Å². The number of para-hydroxylation sites is 1. The van der Waals surface area contributed by atoms with Gasteiger partial charge in [0.2, 0.25) is 5.91 Å². The fourth-order valence-electron chi connectivity index (χ4n) is 1.58. The van der Waals surface area contributed by atoms with Crippen LogP contribution < -0.4 is 5.32 Å². The number of rotatable bonds is 3. The molecule has 0 aliphatic heterocycles. The molecule has 2 aromatic carbocycles. The molecular formula is C14H11F2NO. The topological polar surface area (TPSA) is 29.1 Å². The molecule has 1 amide bonds. The van der Waals surface area contributed by atoms with Gasteiger partial charge in [-0.2, -0.15) is 0 Å². The highest BCUT2D eigenvalue weighted by molar-refractivity contribution is 5.92. The highest BCUT2D eigenvalue weighted by atomic mass is 19.1. The van der Waals surface area contributed by atoms with Gasteiger partial charge in [-0.1, -0.05) is 36.4 Å². The minimum Gasteiger partial charge on any atom is -0.321 e. The summed E-state index contributed by atoms with van der Waals surface area (Å²) in [7, 11) is 0. The minimum absolute atomic E-state index is 0.0780. The van der Waals surface area contributed by atoms with Crippen LogP contribution in [0.3, 0.4) is 0 Å². The molecule has 2 aromatic rings. The molecule has 0 fully saturated rings. The van der Waals surface area contributed by atoms with Gasteiger partial charge < -0.3 is 5.32 Å². The van der Waals surface area contributed by atoms with E-state index in [0.29, 0.717) is 0 Å². The Labute approximate surface area is 103 Å². The van der Waals surface area contributed by atoms with Crippen molar-refractivity contribution in [3.63, 3.8) is 0 Å². The Hall–Kier alpha value is -2.23. The van der Waals surface area contributed by atoms with Crippen LogP contribution in [0.25, 0.3) is 0 Å². The van der Waals surface area contributed by atoms with Crippen LogP contribution in [0.4, 0.5) is 14.5 Å². The number of halogens is 2. The molecule has 0 saturated heterocycles. The molecule has 0 atom stereocenters. The standard InChI is InChI=1S/C14H11F2NO/c15-11-7-4-8-12(16)14(11)17-13(18)9-10-5-2-1-3-6-10/h1-8H,9H2,(H,17,18). The quantitative estimate of drug-likeness (QED) is 0.886. The first kappa shape index (κ1) is 12.2. The monoisotopic (exact) mass is 247 g/mol. The molecule has 0 heterocycles. The van der Waals surface area contributed by atoms with E-state index >= 15 is 0 Å². The summed E-state index contributed by atoms with van der Waals surface area (Å²) < 4.78 is 26.6. The highest BCUT2D eigenvalue weighted by Gasteiger charge is 2.11. The third-order valence-corrected chi connectivity index (χ3v) is 2.43. The van der Waals surface area contributed by atoms with E-state index < -0.39 is 23.2 Å². The summed E-state index contributed by atoms with van der Waals surface area (Å²) in [5.74, 6) is -2.02. The number of amides is 1. The first-order chi connectivity index (χ1) is 8.66. The molecule has 0 radical (unpaired) electrons. The van der Waals surface area contributed by atoms with Gasteiger partial charge in [-0.3, -0.25) is 4.79 Å². The number of hydrogen-bond donors (Lipinski definition) is 1. The number of hydrogen-bond acceptors (Lipinski definition) is 1. The summed E-state index contributed by atoms with van der Waals surface area (Å²) in [5, 5.41) is 2.24. The van der Waals surface area contributed by atoms with E-state index in [1.807, 2.05) is 6.07 Å². The number of anilines is 1. The molecule has 0 aliphatic rings. The first-order valence-electron chi connectivity index (χ1n) is 5.44. The molecule has 0 bridgehead atoms. The molecular weight excluding hydrogens is 236 g/mol. The molecule has 0 aromatic heterocycles. The average molecular weight is 247 g/mol. The first-order valence-corrected chi connectivity index (χ1v) is 5.44. The second-order valence-electron chi connectivity index (χ2n) is 3.81. The summed E-state index contributed by atoms with van der Waals surface area (Å²) in [4.78, 5) is 11.6. The van der Waals surface area contributed by atoms with Crippen molar-refractivity contribution in [1.82, 2.24) is 0 Å². The van der Waals surface area contributed by atoms with Crippen LogP contribution in [0.1, 0.15) is 5.56 Å². The Balaban J connectivity index is 2.08. The third kappa shape index (κ3) is 2.91. The Morgan fingerprint density at radius 2 is 1.56 bits per heavy atom. The van der Waals surface area contributed by atoms with Crippen molar-refractivity contribution in [3.05, 3.63) is 65.7 Å². The van der Waals surface area contributed by atoms with Crippen molar-refractivity contribution >= 4 is 11.6 Å². The predicted molar refractivity (Wildman–Crippen MR) is 65.1 cm³/mol. The van der Waals surface area contributed by atoms with Crippen molar-refractivity contribution in [2.75, 3.05) is 5.32 Å². The third-order valence-electron chi connectivity index (χ3n) is 2.43. The predicted octanol–water partition coefficient (Wildman–Crippen LogP) is 3.15. The Kier molecular flexibility index (Phi) is 3.67. The summed E-state index contributed by atoms with van der Waals surface area (Å²) in [5.41, 5.74) is 0.380. The van der Waals surface area contributed by atoms with Crippen molar-refractivity contribution < 1.29 is 13.6 Å². The van der Waals surface area contributed by atoms with Crippen LogP contribution in [0.15, 0.2) is 48.5 Å². The molecule has 4 heteroatoms. The van der Waals surface area contributed by atoms with Gasteiger partial charge in [0.25, 0.3) is 0 Å². The van der Waals surface area contributed by atoms with Gasteiger partial charge in [0.1, 0.15) is 17.3 Å². The van der Waals surface area contributed by atoms with Gasteiger partial charge >= 0.3 is 0 Å². The van der Waals surface area contributed by atoms with E-state index in [1.165, 1.54) is 6.07 Å². The molecule has 2 rings (SSSR count). The second-order valence-corrected chi connectivity index (χ2v) is 3.81. The number of nitrogens with one attached hydrogen (secondary N) is 1. The van der Waals surface area contributed by atoms with Gasteiger partial charge in [0, 0.05) is 0 Å². The average Bonchev–Trinajstić information content (AvgIpc) is 2.35. The lowest BCUT2D eigenvalue weighted by molar-refractivity contribution is -0.115. The fraction of sp³-hybridized carbons (Fsp3) is 0.0714. The maximum absolute atomic E-state index is 13.3.